The van der Waals surface area contributed by atoms with Gasteiger partial charge in [0.15, 0.2) is 0 Å². The van der Waals surface area contributed by atoms with Gasteiger partial charge in [-0.05, 0) is 25.7 Å². The highest BCUT2D eigenvalue weighted by Gasteiger charge is 2.17. The van der Waals surface area contributed by atoms with Gasteiger partial charge in [0.25, 0.3) is 0 Å². The van der Waals surface area contributed by atoms with Gasteiger partial charge < -0.3 is 14.9 Å². The first-order chi connectivity index (χ1) is 36.2. The van der Waals surface area contributed by atoms with Crippen LogP contribution in [0.4, 0.5) is 0 Å². The zero-order valence-electron chi connectivity index (χ0n) is 51.7. The second-order valence-corrected chi connectivity index (χ2v) is 24.1. The SMILES string of the molecule is CCCCCCCCCCCCCCCCCC(CCCCCCCCCCCCCCCC)OC(CCCCCCCCCCCCCCCC)CCCCCCCCCCCCCCCCC.OCCO. The molecule has 0 aliphatic carbocycles. The van der Waals surface area contributed by atoms with Crippen LogP contribution >= 0.6 is 0 Å². The molecule has 0 amide bonds. The maximum Gasteiger partial charge on any atom is 0.0662 e. The molecule has 0 aliphatic heterocycles. The summed E-state index contributed by atoms with van der Waals surface area (Å²) in [5.41, 5.74) is 0. The fourth-order valence-corrected chi connectivity index (χ4v) is 11.5. The predicted molar refractivity (Wildman–Crippen MR) is 332 cm³/mol. The lowest BCUT2D eigenvalue weighted by molar-refractivity contribution is -0.0324. The molecule has 0 aromatic heterocycles. The van der Waals surface area contributed by atoms with Gasteiger partial charge in [-0.25, -0.2) is 0 Å². The van der Waals surface area contributed by atoms with Gasteiger partial charge in [0.2, 0.25) is 0 Å². The molecule has 3 heteroatoms. The van der Waals surface area contributed by atoms with Crippen molar-refractivity contribution in [2.45, 2.75) is 438 Å². The van der Waals surface area contributed by atoms with E-state index in [9.17, 15) is 0 Å². The number of unbranched alkanes of at least 4 members (excludes halogenated alkanes) is 54. The normalized spacial score (nSPS) is 12.4. The lowest BCUT2D eigenvalue weighted by Gasteiger charge is -2.26. The molecule has 2 atom stereocenters. The van der Waals surface area contributed by atoms with Crippen LogP contribution in [-0.4, -0.2) is 35.6 Å². The van der Waals surface area contributed by atoms with Crippen LogP contribution in [0.25, 0.3) is 0 Å². The van der Waals surface area contributed by atoms with Crippen molar-refractivity contribution in [3.8, 4) is 0 Å². The van der Waals surface area contributed by atoms with Crippen LogP contribution in [0.1, 0.15) is 426 Å². The number of hydrogen-bond acceptors (Lipinski definition) is 3. The third-order valence-electron chi connectivity index (χ3n) is 16.5. The first kappa shape index (κ1) is 75.0. The molecular formula is C70H144O3. The van der Waals surface area contributed by atoms with E-state index < -0.39 is 0 Å². The van der Waals surface area contributed by atoms with E-state index >= 15 is 0 Å². The fraction of sp³-hybridized carbons (Fsp3) is 1.00. The minimum atomic E-state index is -0.125. The summed E-state index contributed by atoms with van der Waals surface area (Å²) in [5, 5.41) is 15.2. The zero-order chi connectivity index (χ0) is 53.1. The van der Waals surface area contributed by atoms with Gasteiger partial charge in [0.1, 0.15) is 0 Å². The number of ether oxygens (including phenoxy) is 1. The zero-order valence-corrected chi connectivity index (χ0v) is 51.7. The monoisotopic (exact) mass is 1030 g/mol. The Kier molecular flexibility index (Phi) is 73.8. The molecule has 0 aromatic carbocycles. The Hall–Kier alpha value is -0.120. The summed E-state index contributed by atoms with van der Waals surface area (Å²) >= 11 is 0. The number of hydrogen-bond donors (Lipinski definition) is 2. The van der Waals surface area contributed by atoms with E-state index in [1.54, 1.807) is 0 Å². The van der Waals surface area contributed by atoms with Crippen LogP contribution in [0.2, 0.25) is 0 Å². The van der Waals surface area contributed by atoms with Crippen molar-refractivity contribution in [2.75, 3.05) is 13.2 Å². The molecule has 2 N–H and O–H groups in total. The average molecular weight is 1030 g/mol. The summed E-state index contributed by atoms with van der Waals surface area (Å²) in [7, 11) is 0. The van der Waals surface area contributed by atoms with Crippen molar-refractivity contribution >= 4 is 0 Å². The molecule has 0 radical (unpaired) electrons. The Balaban J connectivity index is 0. The minimum absolute atomic E-state index is 0.125. The highest BCUT2D eigenvalue weighted by atomic mass is 16.5. The lowest BCUT2D eigenvalue weighted by atomic mass is 9.98. The standard InChI is InChI=1S/C68H138O.C2H6O2/c1-5-9-13-17-21-25-29-33-37-41-45-49-53-57-61-65-67(63-59-55-51-47-43-39-35-31-27-23-19-15-11-7-3)69-68(64-60-56-52-48-44-40-36-32-28-24-20-16-12-8-4)66-62-58-54-50-46-42-38-34-30-26-22-18-14-10-6-2;3-1-2-4/h67-68H,5-66H2,1-4H3;3-4H,1-2H2. The van der Waals surface area contributed by atoms with Crippen LogP contribution in [0.3, 0.4) is 0 Å². The van der Waals surface area contributed by atoms with Gasteiger partial charge in [-0.15, -0.1) is 0 Å². The summed E-state index contributed by atoms with van der Waals surface area (Å²) in [6.07, 6.45) is 90.5. The minimum Gasteiger partial charge on any atom is -0.394 e. The quantitative estimate of drug-likeness (QED) is 0.0597. The third kappa shape index (κ3) is 69.9. The Morgan fingerprint density at radius 2 is 0.288 bits per heavy atom. The van der Waals surface area contributed by atoms with Crippen molar-refractivity contribution in [3.05, 3.63) is 0 Å². The van der Waals surface area contributed by atoms with Crippen LogP contribution in [0.5, 0.6) is 0 Å². The van der Waals surface area contributed by atoms with E-state index in [2.05, 4.69) is 27.7 Å². The van der Waals surface area contributed by atoms with Crippen molar-refractivity contribution in [2.24, 2.45) is 0 Å². The number of rotatable bonds is 65. The van der Waals surface area contributed by atoms with Crippen molar-refractivity contribution in [1.29, 1.82) is 0 Å². The van der Waals surface area contributed by atoms with Gasteiger partial charge in [-0.1, -0.05) is 400 Å². The smallest absolute Gasteiger partial charge is 0.0662 e. The second-order valence-electron chi connectivity index (χ2n) is 24.1. The van der Waals surface area contributed by atoms with Gasteiger partial charge in [0, 0.05) is 0 Å². The third-order valence-corrected chi connectivity index (χ3v) is 16.5. The Morgan fingerprint density at radius 1 is 0.178 bits per heavy atom. The molecule has 0 saturated heterocycles. The lowest BCUT2D eigenvalue weighted by Crippen LogP contribution is -2.23. The second kappa shape index (κ2) is 71.9. The van der Waals surface area contributed by atoms with E-state index in [4.69, 9.17) is 14.9 Å². The molecule has 442 valence electrons. The first-order valence-electron chi connectivity index (χ1n) is 35.1. The van der Waals surface area contributed by atoms with Crippen LogP contribution in [0, 0.1) is 0 Å². The first-order valence-corrected chi connectivity index (χ1v) is 35.1. The molecule has 0 saturated carbocycles. The predicted octanol–water partition coefficient (Wildman–Crippen LogP) is 25.0. The molecule has 0 aliphatic rings. The fourth-order valence-electron chi connectivity index (χ4n) is 11.5. The molecule has 0 fully saturated rings. The van der Waals surface area contributed by atoms with Gasteiger partial charge in [0.05, 0.1) is 25.4 Å². The van der Waals surface area contributed by atoms with Crippen LogP contribution < -0.4 is 0 Å². The highest BCUT2D eigenvalue weighted by Crippen LogP contribution is 2.25. The summed E-state index contributed by atoms with van der Waals surface area (Å²) in [5.74, 6) is 0. The largest absolute Gasteiger partial charge is 0.394 e. The molecule has 0 bridgehead atoms. The molecule has 0 aromatic rings. The van der Waals surface area contributed by atoms with Crippen LogP contribution in [-0.2, 0) is 4.74 Å². The van der Waals surface area contributed by atoms with Crippen molar-refractivity contribution in [3.63, 3.8) is 0 Å². The summed E-state index contributed by atoms with van der Waals surface area (Å²) in [6.45, 7) is 9.06. The summed E-state index contributed by atoms with van der Waals surface area (Å²) < 4.78 is 7.32. The highest BCUT2D eigenvalue weighted by molar-refractivity contribution is 4.68. The molecule has 0 rings (SSSR count). The summed E-state index contributed by atoms with van der Waals surface area (Å²) in [6, 6.07) is 0. The molecule has 0 heterocycles. The Labute approximate surface area is 464 Å². The maximum atomic E-state index is 7.62. The molecule has 73 heavy (non-hydrogen) atoms. The number of aliphatic hydroxyl groups excluding tert-OH is 2. The van der Waals surface area contributed by atoms with E-state index in [1.165, 1.54) is 398 Å². The average Bonchev–Trinajstić information content (AvgIpc) is 3.40. The van der Waals surface area contributed by atoms with E-state index in [0.717, 1.165) is 0 Å². The number of aliphatic hydroxyl groups is 2. The Bertz CT molecular complexity index is 821. The van der Waals surface area contributed by atoms with E-state index in [0.29, 0.717) is 12.2 Å². The topological polar surface area (TPSA) is 49.7 Å². The van der Waals surface area contributed by atoms with Crippen LogP contribution in [0.15, 0.2) is 0 Å². The van der Waals surface area contributed by atoms with Gasteiger partial charge in [-0.2, -0.15) is 0 Å². The van der Waals surface area contributed by atoms with E-state index in [-0.39, 0.29) is 13.2 Å². The summed E-state index contributed by atoms with van der Waals surface area (Å²) in [4.78, 5) is 0. The maximum absolute atomic E-state index is 7.62. The van der Waals surface area contributed by atoms with Gasteiger partial charge in [-0.3, -0.25) is 0 Å². The molecule has 0 spiro atoms. The molecule has 2 unspecified atom stereocenters. The van der Waals surface area contributed by atoms with Gasteiger partial charge >= 0.3 is 0 Å². The molecule has 3 nitrogen and oxygen atoms in total. The van der Waals surface area contributed by atoms with Crippen molar-refractivity contribution < 1.29 is 14.9 Å². The van der Waals surface area contributed by atoms with Crippen molar-refractivity contribution in [1.82, 2.24) is 0 Å². The Morgan fingerprint density at radius 3 is 0.397 bits per heavy atom. The molecular weight excluding hydrogens is 889 g/mol. The van der Waals surface area contributed by atoms with E-state index in [1.807, 2.05) is 0 Å².